The van der Waals surface area contributed by atoms with Crippen LogP contribution in [0.1, 0.15) is 18.1 Å². The second kappa shape index (κ2) is 5.64. The number of hydrogen-bond donors (Lipinski definition) is 0. The standard InChI is InChI=1S/C19H16N2O/c1-2-17-9-10-22-18(19(17,12-20)13-21)16-8-7-14-5-3-4-6-15(14)11-16/h2-8,11,17-18H,1,9-10H2/t17-,18+/m0/s1. The molecule has 0 aliphatic carbocycles. The first-order chi connectivity index (χ1) is 10.7. The molecule has 0 N–H and O–H groups in total. The van der Waals surface area contributed by atoms with Crippen molar-refractivity contribution in [3.8, 4) is 12.1 Å². The molecule has 0 bridgehead atoms. The van der Waals surface area contributed by atoms with E-state index >= 15 is 0 Å². The molecule has 108 valence electrons. The van der Waals surface area contributed by atoms with E-state index < -0.39 is 11.5 Å². The van der Waals surface area contributed by atoms with Gasteiger partial charge >= 0.3 is 0 Å². The maximum atomic E-state index is 9.69. The quantitative estimate of drug-likeness (QED) is 0.780. The molecule has 1 aliphatic rings. The van der Waals surface area contributed by atoms with Gasteiger partial charge in [-0.2, -0.15) is 10.5 Å². The molecule has 1 saturated heterocycles. The summed E-state index contributed by atoms with van der Waals surface area (Å²) in [6.07, 6.45) is 1.81. The number of ether oxygens (including phenoxy) is 1. The molecule has 2 aromatic rings. The van der Waals surface area contributed by atoms with E-state index in [1.165, 1.54) is 0 Å². The van der Waals surface area contributed by atoms with Gasteiger partial charge in [-0.1, -0.05) is 42.5 Å². The third-order valence-corrected chi connectivity index (χ3v) is 4.44. The van der Waals surface area contributed by atoms with Crippen LogP contribution in [0.15, 0.2) is 55.1 Å². The smallest absolute Gasteiger partial charge is 0.180 e. The second-order valence-corrected chi connectivity index (χ2v) is 5.58. The summed E-state index contributed by atoms with van der Waals surface area (Å²) in [6.45, 7) is 4.32. The average molecular weight is 288 g/mol. The minimum absolute atomic E-state index is 0.187. The molecule has 1 fully saturated rings. The molecular formula is C19H16N2O. The van der Waals surface area contributed by atoms with Crippen LogP contribution in [0.5, 0.6) is 0 Å². The summed E-state index contributed by atoms with van der Waals surface area (Å²) < 4.78 is 5.85. The van der Waals surface area contributed by atoms with Gasteiger partial charge in [-0.25, -0.2) is 0 Å². The molecule has 0 radical (unpaired) electrons. The van der Waals surface area contributed by atoms with Crippen LogP contribution in [0.2, 0.25) is 0 Å². The molecule has 22 heavy (non-hydrogen) atoms. The predicted molar refractivity (Wildman–Crippen MR) is 84.6 cm³/mol. The molecule has 3 heteroatoms. The lowest BCUT2D eigenvalue weighted by molar-refractivity contribution is -0.0576. The first-order valence-electron chi connectivity index (χ1n) is 7.30. The molecular weight excluding hydrogens is 272 g/mol. The van der Waals surface area contributed by atoms with Crippen molar-refractivity contribution in [1.29, 1.82) is 10.5 Å². The van der Waals surface area contributed by atoms with E-state index in [-0.39, 0.29) is 5.92 Å². The van der Waals surface area contributed by atoms with Crippen LogP contribution >= 0.6 is 0 Å². The highest BCUT2D eigenvalue weighted by Gasteiger charge is 2.49. The molecule has 3 rings (SSSR count). The summed E-state index contributed by atoms with van der Waals surface area (Å²) in [4.78, 5) is 0. The number of hydrogen-bond acceptors (Lipinski definition) is 3. The van der Waals surface area contributed by atoms with Gasteiger partial charge in [0.15, 0.2) is 5.41 Å². The van der Waals surface area contributed by atoms with Crippen molar-refractivity contribution >= 4 is 10.8 Å². The van der Waals surface area contributed by atoms with Crippen LogP contribution in [0.25, 0.3) is 10.8 Å². The van der Waals surface area contributed by atoms with E-state index in [0.29, 0.717) is 13.0 Å². The lowest BCUT2D eigenvalue weighted by Crippen LogP contribution is -2.39. The van der Waals surface area contributed by atoms with Crippen LogP contribution in [-0.2, 0) is 4.74 Å². The van der Waals surface area contributed by atoms with Gasteiger partial charge in [0.2, 0.25) is 0 Å². The summed E-state index contributed by atoms with van der Waals surface area (Å²) in [7, 11) is 0. The van der Waals surface area contributed by atoms with Crippen LogP contribution < -0.4 is 0 Å². The van der Waals surface area contributed by atoms with E-state index in [2.05, 4.69) is 18.7 Å². The largest absolute Gasteiger partial charge is 0.371 e. The molecule has 0 unspecified atom stereocenters. The molecule has 3 nitrogen and oxygen atoms in total. The zero-order valence-corrected chi connectivity index (χ0v) is 12.2. The Morgan fingerprint density at radius 2 is 1.86 bits per heavy atom. The zero-order valence-electron chi connectivity index (χ0n) is 12.2. The van der Waals surface area contributed by atoms with Gasteiger partial charge in [0.05, 0.1) is 12.1 Å². The van der Waals surface area contributed by atoms with E-state index in [0.717, 1.165) is 16.3 Å². The van der Waals surface area contributed by atoms with E-state index in [1.807, 2.05) is 42.5 Å². The molecule has 1 aliphatic heterocycles. The normalized spacial score (nSPS) is 23.4. The van der Waals surface area contributed by atoms with Crippen molar-refractivity contribution in [3.05, 3.63) is 60.7 Å². The highest BCUT2D eigenvalue weighted by atomic mass is 16.5. The van der Waals surface area contributed by atoms with Crippen molar-refractivity contribution in [3.63, 3.8) is 0 Å². The van der Waals surface area contributed by atoms with Crippen molar-refractivity contribution < 1.29 is 4.74 Å². The number of benzene rings is 2. The molecule has 1 heterocycles. The van der Waals surface area contributed by atoms with Crippen molar-refractivity contribution in [2.24, 2.45) is 11.3 Å². The Morgan fingerprint density at radius 1 is 1.14 bits per heavy atom. The highest BCUT2D eigenvalue weighted by Crippen LogP contribution is 2.48. The van der Waals surface area contributed by atoms with Gasteiger partial charge in [-0.05, 0) is 28.8 Å². The maximum absolute atomic E-state index is 9.69. The summed E-state index contributed by atoms with van der Waals surface area (Å²) in [6, 6.07) is 18.4. The fourth-order valence-corrected chi connectivity index (χ4v) is 3.21. The van der Waals surface area contributed by atoms with Crippen LogP contribution in [0, 0.1) is 34.0 Å². The number of allylic oxidation sites excluding steroid dienone is 1. The molecule has 0 spiro atoms. The lowest BCUT2D eigenvalue weighted by atomic mass is 9.68. The Balaban J connectivity index is 2.12. The van der Waals surface area contributed by atoms with Gasteiger partial charge in [0.25, 0.3) is 0 Å². The SMILES string of the molecule is C=C[C@H]1CCO[C@H](c2ccc3ccccc3c2)C1(C#N)C#N. The summed E-state index contributed by atoms with van der Waals surface area (Å²) >= 11 is 0. The lowest BCUT2D eigenvalue weighted by Gasteiger charge is -2.39. The highest BCUT2D eigenvalue weighted by molar-refractivity contribution is 5.83. The molecule has 2 atom stereocenters. The Kier molecular flexibility index (Phi) is 3.67. The Bertz CT molecular complexity index is 783. The summed E-state index contributed by atoms with van der Waals surface area (Å²) in [5.41, 5.74) is -0.351. The first-order valence-corrected chi connectivity index (χ1v) is 7.30. The zero-order chi connectivity index (χ0) is 15.6. The monoisotopic (exact) mass is 288 g/mol. The summed E-state index contributed by atoms with van der Waals surface area (Å²) in [5, 5.41) is 21.6. The van der Waals surface area contributed by atoms with Crippen LogP contribution in [-0.4, -0.2) is 6.61 Å². The number of nitriles is 2. The Labute approximate surface area is 130 Å². The molecule has 2 aromatic carbocycles. The predicted octanol–water partition coefficient (Wildman–Crippen LogP) is 4.14. The third-order valence-electron chi connectivity index (χ3n) is 4.44. The van der Waals surface area contributed by atoms with E-state index in [9.17, 15) is 10.5 Å². The molecule has 0 amide bonds. The second-order valence-electron chi connectivity index (χ2n) is 5.58. The fourth-order valence-electron chi connectivity index (χ4n) is 3.21. The fraction of sp³-hybridized carbons (Fsp3) is 0.263. The van der Waals surface area contributed by atoms with Gasteiger partial charge < -0.3 is 4.74 Å². The number of fused-ring (bicyclic) bond motifs is 1. The number of rotatable bonds is 2. The van der Waals surface area contributed by atoms with Gasteiger partial charge in [-0.15, -0.1) is 6.58 Å². The molecule has 0 saturated carbocycles. The van der Waals surface area contributed by atoms with Crippen molar-refractivity contribution in [2.75, 3.05) is 6.61 Å². The minimum atomic E-state index is -1.22. The van der Waals surface area contributed by atoms with Gasteiger partial charge in [-0.3, -0.25) is 0 Å². The Hall–Kier alpha value is -2.62. The van der Waals surface area contributed by atoms with Gasteiger partial charge in [0, 0.05) is 12.5 Å². The average Bonchev–Trinajstić information content (AvgIpc) is 2.60. The van der Waals surface area contributed by atoms with Gasteiger partial charge in [0.1, 0.15) is 6.10 Å². The number of nitrogens with zero attached hydrogens (tertiary/aromatic N) is 2. The van der Waals surface area contributed by atoms with Crippen molar-refractivity contribution in [2.45, 2.75) is 12.5 Å². The van der Waals surface area contributed by atoms with E-state index in [1.54, 1.807) is 6.08 Å². The third kappa shape index (κ3) is 2.08. The van der Waals surface area contributed by atoms with E-state index in [4.69, 9.17) is 4.74 Å². The summed E-state index contributed by atoms with van der Waals surface area (Å²) in [5.74, 6) is -0.187. The first kappa shape index (κ1) is 14.3. The van der Waals surface area contributed by atoms with Crippen LogP contribution in [0.4, 0.5) is 0 Å². The molecule has 0 aromatic heterocycles. The Morgan fingerprint density at radius 3 is 2.55 bits per heavy atom. The maximum Gasteiger partial charge on any atom is 0.180 e. The topological polar surface area (TPSA) is 56.8 Å². The minimum Gasteiger partial charge on any atom is -0.371 e. The van der Waals surface area contributed by atoms with Crippen LogP contribution in [0.3, 0.4) is 0 Å². The van der Waals surface area contributed by atoms with Crippen molar-refractivity contribution in [1.82, 2.24) is 0 Å².